The second-order valence-electron chi connectivity index (χ2n) is 4.17. The minimum atomic E-state index is -1.91. The first-order valence-corrected chi connectivity index (χ1v) is 7.05. The molecule has 1 aromatic carbocycles. The van der Waals surface area contributed by atoms with E-state index in [-0.39, 0.29) is 0 Å². The van der Waals surface area contributed by atoms with Gasteiger partial charge in [0, 0.05) is 31.5 Å². The fourth-order valence-corrected chi connectivity index (χ4v) is 1.88. The molecule has 1 rings (SSSR count). The van der Waals surface area contributed by atoms with Gasteiger partial charge in [-0.25, -0.2) is 8.51 Å². The summed E-state index contributed by atoms with van der Waals surface area (Å²) in [5.74, 6) is 0. The molecule has 1 atom stereocenters. The third-order valence-electron chi connectivity index (χ3n) is 2.68. The Morgan fingerprint density at radius 3 is 2.83 bits per heavy atom. The van der Waals surface area contributed by atoms with E-state index in [1.165, 1.54) is 4.31 Å². The Morgan fingerprint density at radius 1 is 1.50 bits per heavy atom. The molecule has 0 aromatic heterocycles. The molecule has 6 heteroatoms. The predicted octanol–water partition coefficient (Wildman–Crippen LogP) is 1.70. The number of nitrogens with one attached hydrogen (secondary N) is 1. The lowest BCUT2D eigenvalue weighted by Gasteiger charge is -2.13. The molecule has 0 saturated carbocycles. The lowest BCUT2D eigenvalue weighted by atomic mass is 10.1. The summed E-state index contributed by atoms with van der Waals surface area (Å²) in [7, 11) is 1.60. The van der Waals surface area contributed by atoms with Gasteiger partial charge in [-0.2, -0.15) is 0 Å². The number of rotatable bonds is 7. The molecule has 0 aliphatic carbocycles. The molecule has 1 aromatic rings. The van der Waals surface area contributed by atoms with E-state index in [2.05, 4.69) is 12.2 Å². The Morgan fingerprint density at radius 2 is 2.22 bits per heavy atom. The zero-order valence-corrected chi connectivity index (χ0v) is 11.7. The van der Waals surface area contributed by atoms with Gasteiger partial charge in [-0.1, -0.05) is 13.3 Å². The van der Waals surface area contributed by atoms with Crippen LogP contribution in [0.3, 0.4) is 0 Å². The highest BCUT2D eigenvalue weighted by atomic mass is 32.2. The summed E-state index contributed by atoms with van der Waals surface area (Å²) in [5, 5.41) is 3.21. The summed E-state index contributed by atoms with van der Waals surface area (Å²) in [5.41, 5.74) is 8.83. The number of nitrogen functional groups attached to an aromatic ring is 1. The Labute approximate surface area is 111 Å². The molecule has 0 amide bonds. The van der Waals surface area contributed by atoms with Crippen LogP contribution in [0.4, 0.5) is 11.4 Å². The maximum Gasteiger partial charge on any atom is 0.234 e. The van der Waals surface area contributed by atoms with Crippen molar-refractivity contribution in [3.63, 3.8) is 0 Å². The van der Waals surface area contributed by atoms with Crippen LogP contribution >= 0.6 is 0 Å². The summed E-state index contributed by atoms with van der Waals surface area (Å²) in [6.07, 6.45) is 2.02. The molecule has 5 nitrogen and oxygen atoms in total. The lowest BCUT2D eigenvalue weighted by Crippen LogP contribution is -2.26. The summed E-state index contributed by atoms with van der Waals surface area (Å²) < 4.78 is 20.9. The van der Waals surface area contributed by atoms with Gasteiger partial charge < -0.3 is 11.1 Å². The van der Waals surface area contributed by atoms with E-state index in [1.807, 2.05) is 18.2 Å². The van der Waals surface area contributed by atoms with E-state index in [9.17, 15) is 4.21 Å². The van der Waals surface area contributed by atoms with Crippen LogP contribution in [-0.2, 0) is 17.7 Å². The van der Waals surface area contributed by atoms with Crippen molar-refractivity contribution in [2.24, 2.45) is 0 Å². The maximum absolute atomic E-state index is 10.7. The van der Waals surface area contributed by atoms with E-state index < -0.39 is 11.3 Å². The van der Waals surface area contributed by atoms with Crippen molar-refractivity contribution < 1.29 is 8.76 Å². The zero-order valence-electron chi connectivity index (χ0n) is 10.8. The van der Waals surface area contributed by atoms with Gasteiger partial charge in [0.25, 0.3) is 0 Å². The molecular weight excluding hydrogens is 250 g/mol. The third kappa shape index (κ3) is 4.64. The van der Waals surface area contributed by atoms with Crippen LogP contribution in [0.25, 0.3) is 0 Å². The van der Waals surface area contributed by atoms with Crippen molar-refractivity contribution in [2.45, 2.75) is 19.8 Å². The molecule has 0 bridgehead atoms. The van der Waals surface area contributed by atoms with E-state index >= 15 is 0 Å². The maximum atomic E-state index is 10.7. The van der Waals surface area contributed by atoms with Crippen molar-refractivity contribution >= 4 is 22.6 Å². The fraction of sp³-hybridized carbons (Fsp3) is 0.500. The molecule has 0 saturated heterocycles. The minimum Gasteiger partial charge on any atom is -0.399 e. The summed E-state index contributed by atoms with van der Waals surface area (Å²) in [4.78, 5) is 0. The predicted molar refractivity (Wildman–Crippen MR) is 76.7 cm³/mol. The van der Waals surface area contributed by atoms with Crippen LogP contribution in [0.5, 0.6) is 0 Å². The highest BCUT2D eigenvalue weighted by Crippen LogP contribution is 2.19. The summed E-state index contributed by atoms with van der Waals surface area (Å²) in [6, 6.07) is 5.85. The zero-order chi connectivity index (χ0) is 13.5. The summed E-state index contributed by atoms with van der Waals surface area (Å²) >= 11 is -1.91. The first-order chi connectivity index (χ1) is 8.54. The van der Waals surface area contributed by atoms with Crippen molar-refractivity contribution in [1.82, 2.24) is 4.31 Å². The second kappa shape index (κ2) is 7.35. The first-order valence-electron chi connectivity index (χ1n) is 5.99. The molecule has 1 unspecified atom stereocenters. The van der Waals surface area contributed by atoms with E-state index in [4.69, 9.17) is 10.3 Å². The molecule has 0 fully saturated rings. The fourth-order valence-electron chi connectivity index (χ4n) is 1.64. The van der Waals surface area contributed by atoms with Gasteiger partial charge in [0.1, 0.15) is 0 Å². The summed E-state index contributed by atoms with van der Waals surface area (Å²) in [6.45, 7) is 3.22. The smallest absolute Gasteiger partial charge is 0.234 e. The third-order valence-corrected chi connectivity index (χ3v) is 3.40. The number of benzene rings is 1. The average molecular weight is 271 g/mol. The topological polar surface area (TPSA) is 78.6 Å². The number of aryl methyl sites for hydroxylation is 1. The van der Waals surface area contributed by atoms with Crippen molar-refractivity contribution in [3.8, 4) is 0 Å². The first kappa shape index (κ1) is 14.9. The van der Waals surface area contributed by atoms with Crippen LogP contribution < -0.4 is 11.1 Å². The molecular formula is C12H21N3O2S. The van der Waals surface area contributed by atoms with Gasteiger partial charge in [0.2, 0.25) is 11.3 Å². The van der Waals surface area contributed by atoms with Gasteiger partial charge >= 0.3 is 0 Å². The van der Waals surface area contributed by atoms with Gasteiger partial charge in [0.15, 0.2) is 0 Å². The van der Waals surface area contributed by atoms with Crippen molar-refractivity contribution in [1.29, 1.82) is 0 Å². The number of hydrogen-bond donors (Lipinski definition) is 3. The van der Waals surface area contributed by atoms with Crippen LogP contribution in [0.1, 0.15) is 18.9 Å². The largest absolute Gasteiger partial charge is 0.399 e. The Balaban J connectivity index is 2.52. The van der Waals surface area contributed by atoms with E-state index in [0.717, 1.165) is 29.8 Å². The molecule has 0 radical (unpaired) electrons. The highest BCUT2D eigenvalue weighted by molar-refractivity contribution is 7.76. The quantitative estimate of drug-likeness (QED) is 0.521. The number of nitrogens with zero attached hydrogens (tertiary/aromatic N) is 1. The highest BCUT2D eigenvalue weighted by Gasteiger charge is 2.04. The standard InChI is InChI=1S/C12H21N3O2S/c1-3-4-10-9-11(5-6-12(10)13)14-7-8-15(2)18(16)17/h5-6,9,14H,3-4,7-8,13H2,1-2H3,(H,16,17). The van der Waals surface area contributed by atoms with E-state index in [1.54, 1.807) is 7.05 Å². The van der Waals surface area contributed by atoms with Gasteiger partial charge in [-0.3, -0.25) is 4.55 Å². The molecule has 102 valence electrons. The number of likely N-dealkylation sites (N-methyl/N-ethyl adjacent to an activating group) is 1. The number of hydrogen-bond acceptors (Lipinski definition) is 3. The monoisotopic (exact) mass is 271 g/mol. The molecule has 0 heterocycles. The lowest BCUT2D eigenvalue weighted by molar-refractivity contribution is 0.457. The van der Waals surface area contributed by atoms with Crippen molar-refractivity contribution in [3.05, 3.63) is 23.8 Å². The molecule has 4 N–H and O–H groups in total. The Bertz CT molecular complexity index is 412. The second-order valence-corrected chi connectivity index (χ2v) is 5.26. The van der Waals surface area contributed by atoms with Gasteiger partial charge in [-0.05, 0) is 30.2 Å². The van der Waals surface area contributed by atoms with Gasteiger partial charge in [-0.15, -0.1) is 0 Å². The van der Waals surface area contributed by atoms with Gasteiger partial charge in [0.05, 0.1) is 0 Å². The normalized spacial score (nSPS) is 12.7. The number of anilines is 2. The molecule has 0 spiro atoms. The van der Waals surface area contributed by atoms with Crippen LogP contribution in [0.2, 0.25) is 0 Å². The van der Waals surface area contributed by atoms with Crippen molar-refractivity contribution in [2.75, 3.05) is 31.2 Å². The van der Waals surface area contributed by atoms with Crippen LogP contribution in [0, 0.1) is 0 Å². The Hall–Kier alpha value is -1.11. The van der Waals surface area contributed by atoms with E-state index in [0.29, 0.717) is 13.1 Å². The average Bonchev–Trinajstić information content (AvgIpc) is 2.33. The SMILES string of the molecule is CCCc1cc(NCCN(C)S(=O)O)ccc1N. The Kier molecular flexibility index (Phi) is 6.11. The van der Waals surface area contributed by atoms with Crippen LogP contribution in [0.15, 0.2) is 18.2 Å². The molecule has 18 heavy (non-hydrogen) atoms. The number of nitrogens with two attached hydrogens (primary N) is 1. The minimum absolute atomic E-state index is 0.497. The van der Waals surface area contributed by atoms with Crippen LogP contribution in [-0.4, -0.2) is 33.2 Å². The molecule has 0 aliphatic rings. The molecule has 0 aliphatic heterocycles.